The largest absolute Gasteiger partial charge is 0.354 e. The van der Waals surface area contributed by atoms with E-state index in [1.54, 1.807) is 12.1 Å². The molecule has 10 nitrogen and oxygen atoms in total. The van der Waals surface area contributed by atoms with Crippen LogP contribution in [0.5, 0.6) is 0 Å². The molecule has 1 aliphatic rings. The molecule has 192 valence electrons. The Balaban J connectivity index is 1.72. The van der Waals surface area contributed by atoms with E-state index in [0.29, 0.717) is 0 Å². The number of fused-ring (bicyclic) bond motifs is 2. The molecule has 0 spiro atoms. The number of carbonyl (C=O) groups is 2. The first kappa shape index (κ1) is 25.3. The van der Waals surface area contributed by atoms with Crippen molar-refractivity contribution < 1.29 is 35.5 Å². The van der Waals surface area contributed by atoms with Crippen LogP contribution in [0.4, 0.5) is 22.7 Å². The van der Waals surface area contributed by atoms with E-state index >= 15 is 0 Å². The molecule has 0 atom stereocenters. The van der Waals surface area contributed by atoms with Gasteiger partial charge in [-0.2, -0.15) is 16.8 Å². The quantitative estimate of drug-likeness (QED) is 0.222. The van der Waals surface area contributed by atoms with E-state index < -0.39 is 41.6 Å². The van der Waals surface area contributed by atoms with E-state index in [4.69, 9.17) is 0 Å². The summed E-state index contributed by atoms with van der Waals surface area (Å²) in [6.07, 6.45) is 0. The van der Waals surface area contributed by atoms with Crippen molar-refractivity contribution in [2.24, 2.45) is 0 Å². The Bertz CT molecular complexity index is 1730. The van der Waals surface area contributed by atoms with E-state index in [1.165, 1.54) is 72.8 Å². The number of hydrogen-bond acceptors (Lipinski definition) is 8. The Morgan fingerprint density at radius 3 is 1.18 bits per heavy atom. The van der Waals surface area contributed by atoms with Gasteiger partial charge in [-0.1, -0.05) is 48.5 Å². The predicted octanol–water partition coefficient (Wildman–Crippen LogP) is 4.44. The van der Waals surface area contributed by atoms with Gasteiger partial charge in [0.1, 0.15) is 9.79 Å². The van der Waals surface area contributed by atoms with Crippen molar-refractivity contribution in [1.29, 1.82) is 0 Å². The Kier molecular flexibility index (Phi) is 6.12. The minimum atomic E-state index is -4.62. The molecule has 0 fully saturated rings. The molecule has 4 aromatic carbocycles. The van der Waals surface area contributed by atoms with Crippen LogP contribution in [0.25, 0.3) is 0 Å². The number of anilines is 4. The number of para-hydroxylation sites is 2. The maximum atomic E-state index is 13.7. The highest BCUT2D eigenvalue weighted by Crippen LogP contribution is 2.40. The van der Waals surface area contributed by atoms with Gasteiger partial charge in [-0.25, -0.2) is 0 Å². The molecular weight excluding hydrogens is 532 g/mol. The van der Waals surface area contributed by atoms with Crippen molar-refractivity contribution in [1.82, 2.24) is 0 Å². The molecule has 0 saturated carbocycles. The summed E-state index contributed by atoms with van der Waals surface area (Å²) >= 11 is 0. The second kappa shape index (κ2) is 9.19. The van der Waals surface area contributed by atoms with Gasteiger partial charge in [-0.3, -0.25) is 18.7 Å². The van der Waals surface area contributed by atoms with Gasteiger partial charge in [0.05, 0.1) is 33.9 Å². The Labute approximate surface area is 217 Å². The normalized spacial score (nSPS) is 13.0. The molecule has 0 radical (unpaired) electrons. The fourth-order valence-electron chi connectivity index (χ4n) is 4.31. The summed E-state index contributed by atoms with van der Waals surface area (Å²) in [4.78, 5) is 26.4. The third kappa shape index (κ3) is 4.46. The fourth-order valence-corrected chi connectivity index (χ4v) is 5.61. The highest BCUT2D eigenvalue weighted by Gasteiger charge is 2.34. The van der Waals surface area contributed by atoms with Crippen LogP contribution in [-0.2, 0) is 20.2 Å². The summed E-state index contributed by atoms with van der Waals surface area (Å²) in [7, 11) is -9.25. The molecule has 0 unspecified atom stereocenters. The number of hydrogen-bond donors (Lipinski definition) is 4. The topological polar surface area (TPSA) is 167 Å². The Morgan fingerprint density at radius 1 is 0.474 bits per heavy atom. The van der Waals surface area contributed by atoms with E-state index in [-0.39, 0.29) is 45.0 Å². The smallest absolute Gasteiger partial charge is 0.296 e. The molecule has 0 bridgehead atoms. The molecule has 4 aromatic rings. The monoisotopic (exact) mass is 550 g/mol. The van der Waals surface area contributed by atoms with Crippen LogP contribution in [0.15, 0.2) is 94.7 Å². The predicted molar refractivity (Wildman–Crippen MR) is 139 cm³/mol. The molecule has 5 rings (SSSR count). The number of carbonyl (C=O) groups excluding carboxylic acids is 2. The molecule has 0 heterocycles. The van der Waals surface area contributed by atoms with Crippen LogP contribution >= 0.6 is 0 Å². The maximum absolute atomic E-state index is 13.7. The minimum absolute atomic E-state index is 0.0336. The van der Waals surface area contributed by atoms with Crippen LogP contribution in [0.1, 0.15) is 31.8 Å². The van der Waals surface area contributed by atoms with E-state index in [1.807, 2.05) is 0 Å². The third-order valence-corrected chi connectivity index (χ3v) is 7.77. The van der Waals surface area contributed by atoms with Gasteiger partial charge >= 0.3 is 0 Å². The van der Waals surface area contributed by atoms with E-state index in [0.717, 1.165) is 0 Å². The standard InChI is InChI=1S/C26H18N2O8S2/c29-25-15-7-1-2-8-16(15)26(30)24-20(28-18-10-4-6-12-22(18)38(34,35)36)14-13-19(23(24)25)27-17-9-3-5-11-21(17)37(31,32)33/h1-14,27-28H,(H,31,32,33)(H,34,35,36). The number of ketones is 2. The SMILES string of the molecule is O=C1c2ccccc2C(=O)c2c(Nc3ccccc3S(=O)(=O)O)ccc(Nc3ccccc3S(=O)(=O)O)c21. The summed E-state index contributed by atoms with van der Waals surface area (Å²) in [6, 6.07) is 20.0. The van der Waals surface area contributed by atoms with E-state index in [9.17, 15) is 35.5 Å². The summed E-state index contributed by atoms with van der Waals surface area (Å²) in [5.41, 5.74) is 0.178. The lowest BCUT2D eigenvalue weighted by Gasteiger charge is -2.24. The third-order valence-electron chi connectivity index (χ3n) is 5.94. The van der Waals surface area contributed by atoms with Crippen molar-refractivity contribution in [2.45, 2.75) is 9.79 Å². The second-order valence-corrected chi connectivity index (χ2v) is 11.1. The van der Waals surface area contributed by atoms with Gasteiger partial charge in [0.25, 0.3) is 20.2 Å². The zero-order chi connectivity index (χ0) is 27.2. The second-order valence-electron chi connectivity index (χ2n) is 8.31. The van der Waals surface area contributed by atoms with Crippen molar-refractivity contribution in [3.63, 3.8) is 0 Å². The van der Waals surface area contributed by atoms with Crippen LogP contribution in [0.3, 0.4) is 0 Å². The van der Waals surface area contributed by atoms with Crippen molar-refractivity contribution in [3.05, 3.63) is 107 Å². The highest BCUT2D eigenvalue weighted by atomic mass is 32.2. The van der Waals surface area contributed by atoms with Crippen molar-refractivity contribution in [2.75, 3.05) is 10.6 Å². The van der Waals surface area contributed by atoms with Gasteiger partial charge in [-0.15, -0.1) is 0 Å². The van der Waals surface area contributed by atoms with Gasteiger partial charge in [0.15, 0.2) is 11.6 Å². The van der Waals surface area contributed by atoms with Crippen molar-refractivity contribution in [3.8, 4) is 0 Å². The lowest BCUT2D eigenvalue weighted by molar-refractivity contribution is 0.0980. The summed E-state index contributed by atoms with van der Waals surface area (Å²) in [6.45, 7) is 0. The number of nitrogens with one attached hydrogen (secondary N) is 2. The van der Waals surface area contributed by atoms with Crippen LogP contribution < -0.4 is 10.6 Å². The molecule has 4 N–H and O–H groups in total. The zero-order valence-corrected chi connectivity index (χ0v) is 20.9. The van der Waals surface area contributed by atoms with E-state index in [2.05, 4.69) is 10.6 Å². The van der Waals surface area contributed by atoms with Crippen molar-refractivity contribution >= 4 is 54.6 Å². The van der Waals surface area contributed by atoms with Gasteiger partial charge in [0, 0.05) is 11.1 Å². The number of rotatable bonds is 6. The molecule has 38 heavy (non-hydrogen) atoms. The molecular formula is C26H18N2O8S2. The lowest BCUT2D eigenvalue weighted by Crippen LogP contribution is -2.23. The molecule has 0 amide bonds. The van der Waals surface area contributed by atoms with Crippen LogP contribution in [-0.4, -0.2) is 37.5 Å². The molecule has 0 saturated heterocycles. The van der Waals surface area contributed by atoms with Crippen LogP contribution in [0.2, 0.25) is 0 Å². The summed E-state index contributed by atoms with van der Waals surface area (Å²) in [5.74, 6) is -1.07. The Hall–Kier alpha value is -4.36. The first-order valence-electron chi connectivity index (χ1n) is 11.0. The average Bonchev–Trinajstić information content (AvgIpc) is 2.87. The minimum Gasteiger partial charge on any atom is -0.354 e. The molecule has 0 aliphatic heterocycles. The first-order valence-corrected chi connectivity index (χ1v) is 13.9. The first-order chi connectivity index (χ1) is 18.0. The maximum Gasteiger partial charge on any atom is 0.296 e. The number of benzene rings is 4. The summed E-state index contributed by atoms with van der Waals surface area (Å²) < 4.78 is 66.9. The highest BCUT2D eigenvalue weighted by molar-refractivity contribution is 7.86. The van der Waals surface area contributed by atoms with Gasteiger partial charge in [-0.05, 0) is 36.4 Å². The van der Waals surface area contributed by atoms with Gasteiger partial charge in [0.2, 0.25) is 0 Å². The summed E-state index contributed by atoms with van der Waals surface area (Å²) in [5, 5.41) is 5.68. The lowest BCUT2D eigenvalue weighted by atomic mass is 9.82. The Morgan fingerprint density at radius 2 is 0.816 bits per heavy atom. The fraction of sp³-hybridized carbons (Fsp3) is 0. The van der Waals surface area contributed by atoms with Crippen LogP contribution in [0, 0.1) is 0 Å². The average molecular weight is 551 g/mol. The van der Waals surface area contributed by atoms with Gasteiger partial charge < -0.3 is 10.6 Å². The molecule has 0 aromatic heterocycles. The molecule has 12 heteroatoms. The molecule has 1 aliphatic carbocycles. The zero-order valence-electron chi connectivity index (χ0n) is 19.2.